The molecule has 2 aromatic carbocycles. The topological polar surface area (TPSA) is 88.2 Å². The number of hydrogen-bond acceptors (Lipinski definition) is 4. The zero-order valence-corrected chi connectivity index (χ0v) is 18.5. The Morgan fingerprint density at radius 1 is 1.16 bits per heavy atom. The third-order valence-corrected chi connectivity index (χ3v) is 5.74. The second-order valence-corrected chi connectivity index (χ2v) is 8.09. The Morgan fingerprint density at radius 2 is 1.94 bits per heavy atom. The van der Waals surface area contributed by atoms with E-state index in [0.29, 0.717) is 11.4 Å². The molecule has 1 aliphatic carbocycles. The summed E-state index contributed by atoms with van der Waals surface area (Å²) in [5.74, 6) is -1.05. The molecular weight excluding hydrogens is 433 g/mol. The highest BCUT2D eigenvalue weighted by Gasteiger charge is 2.19. The van der Waals surface area contributed by atoms with Crippen molar-refractivity contribution in [3.05, 3.63) is 76.4 Å². The SMILES string of the molecule is Cl.NC(=O)C(CO)Cc1ccc(Nc2cc(-c3cccc(Cl)c3)nc3c2CCC3)cc1. The Kier molecular flexibility index (Phi) is 7.55. The lowest BCUT2D eigenvalue weighted by molar-refractivity contribution is -0.122. The van der Waals surface area contributed by atoms with Crippen molar-refractivity contribution in [3.8, 4) is 11.3 Å². The minimum Gasteiger partial charge on any atom is -0.396 e. The van der Waals surface area contributed by atoms with Gasteiger partial charge in [0.25, 0.3) is 0 Å². The molecule has 1 unspecified atom stereocenters. The first-order valence-corrected chi connectivity index (χ1v) is 10.5. The maximum absolute atomic E-state index is 11.4. The van der Waals surface area contributed by atoms with Gasteiger partial charge in [-0.25, -0.2) is 0 Å². The van der Waals surface area contributed by atoms with Crippen molar-refractivity contribution in [2.45, 2.75) is 25.7 Å². The number of aryl methyl sites for hydroxylation is 1. The van der Waals surface area contributed by atoms with Crippen LogP contribution in [-0.4, -0.2) is 22.6 Å². The van der Waals surface area contributed by atoms with Crippen LogP contribution >= 0.6 is 24.0 Å². The molecule has 0 bridgehead atoms. The molecule has 1 aliphatic rings. The molecule has 7 heteroatoms. The summed E-state index contributed by atoms with van der Waals surface area (Å²) < 4.78 is 0. The van der Waals surface area contributed by atoms with Crippen molar-refractivity contribution < 1.29 is 9.90 Å². The lowest BCUT2D eigenvalue weighted by Gasteiger charge is -2.15. The molecule has 0 spiro atoms. The first-order chi connectivity index (χ1) is 14.5. The van der Waals surface area contributed by atoms with Gasteiger partial charge in [-0.3, -0.25) is 9.78 Å². The number of amides is 1. The Bertz CT molecular complexity index is 1070. The van der Waals surface area contributed by atoms with Crippen LogP contribution in [0.4, 0.5) is 11.4 Å². The monoisotopic (exact) mass is 457 g/mol. The van der Waals surface area contributed by atoms with E-state index in [0.717, 1.165) is 53.2 Å². The van der Waals surface area contributed by atoms with Crippen LogP contribution in [0.2, 0.25) is 5.02 Å². The summed E-state index contributed by atoms with van der Waals surface area (Å²) in [6.07, 6.45) is 3.52. The summed E-state index contributed by atoms with van der Waals surface area (Å²) >= 11 is 6.17. The lowest BCUT2D eigenvalue weighted by Crippen LogP contribution is -2.27. The molecule has 162 valence electrons. The second kappa shape index (κ2) is 10.1. The Balaban J connectivity index is 0.00000272. The molecule has 0 aliphatic heterocycles. The number of nitrogens with two attached hydrogens (primary N) is 1. The molecule has 31 heavy (non-hydrogen) atoms. The molecule has 3 aromatic rings. The van der Waals surface area contributed by atoms with Crippen LogP contribution in [0.25, 0.3) is 11.3 Å². The van der Waals surface area contributed by atoms with Gasteiger partial charge in [0.05, 0.1) is 18.2 Å². The van der Waals surface area contributed by atoms with Crippen molar-refractivity contribution in [3.63, 3.8) is 0 Å². The molecule has 1 atom stereocenters. The molecule has 0 saturated carbocycles. The smallest absolute Gasteiger partial charge is 0.223 e. The van der Waals surface area contributed by atoms with Crippen LogP contribution < -0.4 is 11.1 Å². The molecule has 1 amide bonds. The normalized spacial score (nSPS) is 13.2. The number of aliphatic hydroxyl groups is 1. The summed E-state index contributed by atoms with van der Waals surface area (Å²) in [6, 6.07) is 17.7. The number of anilines is 2. The Labute approximate surface area is 193 Å². The molecule has 0 radical (unpaired) electrons. The van der Waals surface area contributed by atoms with Crippen molar-refractivity contribution in [2.75, 3.05) is 11.9 Å². The number of pyridine rings is 1. The quantitative estimate of drug-likeness (QED) is 0.479. The highest BCUT2D eigenvalue weighted by atomic mass is 35.5. The number of primary amides is 1. The standard InChI is InChI=1S/C24H24ClN3O2.ClH/c25-18-4-1-3-16(12-18)22-13-23(20-5-2-6-21(20)28-22)27-19-9-7-15(8-10-19)11-17(14-29)24(26)30;/h1,3-4,7-10,12-13,17,29H,2,5-6,11,14H2,(H2,26,30)(H,27,28);1H. The van der Waals surface area contributed by atoms with Gasteiger partial charge in [-0.05, 0) is 67.1 Å². The molecule has 0 saturated heterocycles. The number of carbonyl (C=O) groups is 1. The minimum absolute atomic E-state index is 0. The van der Waals surface area contributed by atoms with Gasteiger partial charge in [-0.15, -0.1) is 12.4 Å². The zero-order valence-electron chi connectivity index (χ0n) is 17.0. The van der Waals surface area contributed by atoms with Gasteiger partial charge in [0.1, 0.15) is 0 Å². The summed E-state index contributed by atoms with van der Waals surface area (Å²) in [7, 11) is 0. The van der Waals surface area contributed by atoms with Gasteiger partial charge in [0.15, 0.2) is 0 Å². The summed E-state index contributed by atoms with van der Waals surface area (Å²) in [6.45, 7) is -0.245. The summed E-state index contributed by atoms with van der Waals surface area (Å²) in [5, 5.41) is 13.5. The van der Waals surface area contributed by atoms with Gasteiger partial charge >= 0.3 is 0 Å². The largest absolute Gasteiger partial charge is 0.396 e. The molecule has 1 aromatic heterocycles. The number of fused-ring (bicyclic) bond motifs is 1. The molecular formula is C24H25Cl2N3O2. The average Bonchev–Trinajstić information content (AvgIpc) is 3.22. The fraction of sp³-hybridized carbons (Fsp3) is 0.250. The van der Waals surface area contributed by atoms with E-state index in [4.69, 9.17) is 22.3 Å². The van der Waals surface area contributed by atoms with E-state index >= 15 is 0 Å². The zero-order chi connectivity index (χ0) is 21.1. The molecule has 4 rings (SSSR count). The van der Waals surface area contributed by atoms with E-state index in [1.54, 1.807) is 0 Å². The van der Waals surface area contributed by atoms with Gasteiger partial charge in [0, 0.05) is 27.7 Å². The van der Waals surface area contributed by atoms with Crippen LogP contribution in [0.1, 0.15) is 23.2 Å². The fourth-order valence-electron chi connectivity index (χ4n) is 3.87. The molecule has 4 N–H and O–H groups in total. The van der Waals surface area contributed by atoms with Crippen LogP contribution in [0, 0.1) is 5.92 Å². The van der Waals surface area contributed by atoms with Crippen LogP contribution in [-0.2, 0) is 24.1 Å². The van der Waals surface area contributed by atoms with Gasteiger partial charge in [-0.2, -0.15) is 0 Å². The highest BCUT2D eigenvalue weighted by Crippen LogP contribution is 2.34. The van der Waals surface area contributed by atoms with Crippen molar-refractivity contribution in [1.29, 1.82) is 0 Å². The maximum atomic E-state index is 11.4. The van der Waals surface area contributed by atoms with Gasteiger partial charge in [-0.1, -0.05) is 35.9 Å². The number of nitrogens with one attached hydrogen (secondary N) is 1. The average molecular weight is 458 g/mol. The number of aliphatic hydroxyl groups excluding tert-OH is 1. The van der Waals surface area contributed by atoms with Crippen LogP contribution in [0.3, 0.4) is 0 Å². The predicted molar refractivity (Wildman–Crippen MR) is 127 cm³/mol. The fourth-order valence-corrected chi connectivity index (χ4v) is 4.06. The molecule has 1 heterocycles. The number of benzene rings is 2. The highest BCUT2D eigenvalue weighted by molar-refractivity contribution is 6.30. The number of carbonyl (C=O) groups excluding carboxylic acids is 1. The van der Waals surface area contributed by atoms with E-state index in [9.17, 15) is 9.90 Å². The lowest BCUT2D eigenvalue weighted by atomic mass is 9.99. The predicted octanol–water partition coefficient (Wildman–Crippen LogP) is 4.69. The Morgan fingerprint density at radius 3 is 2.61 bits per heavy atom. The van der Waals surface area contributed by atoms with Crippen molar-refractivity contribution >= 4 is 41.3 Å². The van der Waals surface area contributed by atoms with E-state index < -0.39 is 11.8 Å². The van der Waals surface area contributed by atoms with Crippen molar-refractivity contribution in [1.82, 2.24) is 4.98 Å². The van der Waals surface area contributed by atoms with Gasteiger partial charge < -0.3 is 16.2 Å². The van der Waals surface area contributed by atoms with Crippen molar-refractivity contribution in [2.24, 2.45) is 11.7 Å². The van der Waals surface area contributed by atoms with Crippen LogP contribution in [0.15, 0.2) is 54.6 Å². The van der Waals surface area contributed by atoms with Gasteiger partial charge in [0.2, 0.25) is 5.91 Å². The van der Waals surface area contributed by atoms with Crippen LogP contribution in [0.5, 0.6) is 0 Å². The van der Waals surface area contributed by atoms with E-state index in [2.05, 4.69) is 11.4 Å². The maximum Gasteiger partial charge on any atom is 0.223 e. The second-order valence-electron chi connectivity index (χ2n) is 7.65. The van der Waals surface area contributed by atoms with E-state index in [1.165, 1.54) is 5.56 Å². The number of halogens is 2. The number of nitrogens with zero attached hydrogens (tertiary/aromatic N) is 1. The molecule has 5 nitrogen and oxygen atoms in total. The third kappa shape index (κ3) is 5.37. The minimum atomic E-state index is -0.562. The first kappa shape index (κ1) is 23.1. The number of aromatic nitrogens is 1. The van der Waals surface area contributed by atoms with E-state index in [-0.39, 0.29) is 19.0 Å². The Hall–Kier alpha value is -2.60. The molecule has 0 fully saturated rings. The number of hydrogen-bond donors (Lipinski definition) is 3. The third-order valence-electron chi connectivity index (χ3n) is 5.51. The van der Waals surface area contributed by atoms with E-state index in [1.807, 2.05) is 48.5 Å². The summed E-state index contributed by atoms with van der Waals surface area (Å²) in [4.78, 5) is 16.2. The number of rotatable bonds is 7. The first-order valence-electron chi connectivity index (χ1n) is 10.1. The summed E-state index contributed by atoms with van der Waals surface area (Å²) in [5.41, 5.74) is 12.6.